The molecule has 0 saturated heterocycles. The first-order valence-corrected chi connectivity index (χ1v) is 6.28. The summed E-state index contributed by atoms with van der Waals surface area (Å²) < 4.78 is 5.05. The molecule has 0 aliphatic carbocycles. The van der Waals surface area contributed by atoms with E-state index in [1.165, 1.54) is 11.0 Å². The van der Waals surface area contributed by atoms with E-state index in [-0.39, 0.29) is 11.8 Å². The van der Waals surface area contributed by atoms with Gasteiger partial charge in [0, 0.05) is 20.2 Å². The molecule has 1 N–H and O–H groups in total. The summed E-state index contributed by atoms with van der Waals surface area (Å²) >= 11 is 0. The first-order chi connectivity index (χ1) is 9.43. The number of benzene rings is 1. The highest BCUT2D eigenvalue weighted by molar-refractivity contribution is 5.95. The van der Waals surface area contributed by atoms with Crippen molar-refractivity contribution < 1.29 is 14.3 Å². The molecule has 0 bridgehead atoms. The van der Waals surface area contributed by atoms with Crippen LogP contribution in [0, 0.1) is 0 Å². The summed E-state index contributed by atoms with van der Waals surface area (Å²) in [5.74, 6) is 0.316. The van der Waals surface area contributed by atoms with Gasteiger partial charge in [0.25, 0.3) is 0 Å². The third-order valence-corrected chi connectivity index (χ3v) is 2.71. The number of likely N-dealkylation sites (N-methyl/N-ethyl adjacent to an activating group) is 1. The van der Waals surface area contributed by atoms with Gasteiger partial charge in [-0.1, -0.05) is 12.1 Å². The fourth-order valence-electron chi connectivity index (χ4n) is 1.60. The molecule has 1 aromatic carbocycles. The van der Waals surface area contributed by atoms with Crippen LogP contribution in [0.15, 0.2) is 30.3 Å². The molecule has 2 amide bonds. The fraction of sp³-hybridized carbons (Fsp3) is 0.333. The minimum Gasteiger partial charge on any atom is -0.497 e. The molecule has 20 heavy (non-hydrogen) atoms. The number of nitrogens with zero attached hydrogens (tertiary/aromatic N) is 1. The molecule has 0 aromatic heterocycles. The maximum atomic E-state index is 11.7. The van der Waals surface area contributed by atoms with E-state index in [9.17, 15) is 9.59 Å². The molecule has 0 aliphatic heterocycles. The van der Waals surface area contributed by atoms with Crippen LogP contribution in [0.5, 0.6) is 5.75 Å². The number of hydrogen-bond donors (Lipinski definition) is 1. The zero-order chi connectivity index (χ0) is 15.1. The molecule has 0 spiro atoms. The van der Waals surface area contributed by atoms with Gasteiger partial charge in [-0.25, -0.2) is 0 Å². The zero-order valence-electron chi connectivity index (χ0n) is 12.2. The van der Waals surface area contributed by atoms with Crippen molar-refractivity contribution >= 4 is 17.9 Å². The molecule has 1 atom stereocenters. The lowest BCUT2D eigenvalue weighted by atomic mass is 10.2. The van der Waals surface area contributed by atoms with Gasteiger partial charge in [-0.05, 0) is 30.7 Å². The summed E-state index contributed by atoms with van der Waals surface area (Å²) in [5.41, 5.74) is 0.882. The summed E-state index contributed by atoms with van der Waals surface area (Å²) in [6, 6.07) is 6.78. The van der Waals surface area contributed by atoms with Gasteiger partial charge < -0.3 is 15.0 Å². The highest BCUT2D eigenvalue weighted by Gasteiger charge is 2.15. The Morgan fingerprint density at radius 1 is 1.25 bits per heavy atom. The third kappa shape index (κ3) is 4.76. The van der Waals surface area contributed by atoms with E-state index in [0.29, 0.717) is 0 Å². The predicted octanol–water partition coefficient (Wildman–Crippen LogP) is 1.30. The highest BCUT2D eigenvalue weighted by Crippen LogP contribution is 2.12. The average Bonchev–Trinajstić information content (AvgIpc) is 2.44. The molecule has 5 nitrogen and oxygen atoms in total. The number of carbonyl (C=O) groups excluding carboxylic acids is 2. The normalized spacial score (nSPS) is 12.0. The Labute approximate surface area is 119 Å². The molecule has 1 aromatic rings. The molecular formula is C15H20N2O3. The minimum atomic E-state index is -0.544. The molecule has 1 unspecified atom stereocenters. The van der Waals surface area contributed by atoms with Gasteiger partial charge in [0.05, 0.1) is 7.11 Å². The van der Waals surface area contributed by atoms with E-state index < -0.39 is 6.04 Å². The second-order valence-corrected chi connectivity index (χ2v) is 4.57. The maximum Gasteiger partial charge on any atom is 0.244 e. The predicted molar refractivity (Wildman–Crippen MR) is 78.3 cm³/mol. The van der Waals surface area contributed by atoms with Crippen LogP contribution in [0.1, 0.15) is 12.5 Å². The number of methoxy groups -OCH3 is 1. The van der Waals surface area contributed by atoms with Crippen LogP contribution >= 0.6 is 0 Å². The van der Waals surface area contributed by atoms with Crippen LogP contribution in [0.2, 0.25) is 0 Å². The van der Waals surface area contributed by atoms with Gasteiger partial charge >= 0.3 is 0 Å². The van der Waals surface area contributed by atoms with Crippen molar-refractivity contribution in [3.05, 3.63) is 35.9 Å². The number of nitrogens with one attached hydrogen (secondary N) is 1. The molecule has 0 saturated carbocycles. The third-order valence-electron chi connectivity index (χ3n) is 2.71. The van der Waals surface area contributed by atoms with Crippen LogP contribution in [0.3, 0.4) is 0 Å². The van der Waals surface area contributed by atoms with E-state index in [0.717, 1.165) is 11.3 Å². The van der Waals surface area contributed by atoms with Crippen LogP contribution < -0.4 is 10.1 Å². The van der Waals surface area contributed by atoms with Gasteiger partial charge in [-0.15, -0.1) is 0 Å². The van der Waals surface area contributed by atoms with Gasteiger partial charge in [0.2, 0.25) is 11.8 Å². The molecular weight excluding hydrogens is 256 g/mol. The Bertz CT molecular complexity index is 492. The van der Waals surface area contributed by atoms with Crippen molar-refractivity contribution in [1.82, 2.24) is 10.2 Å². The van der Waals surface area contributed by atoms with Gasteiger partial charge in [-0.2, -0.15) is 0 Å². The topological polar surface area (TPSA) is 58.6 Å². The summed E-state index contributed by atoms with van der Waals surface area (Å²) in [6.45, 7) is 1.65. The number of ether oxygens (including phenoxy) is 1. The Morgan fingerprint density at radius 2 is 1.85 bits per heavy atom. The van der Waals surface area contributed by atoms with Crippen LogP contribution in [-0.4, -0.2) is 44.0 Å². The molecule has 0 radical (unpaired) electrons. The number of rotatable bonds is 5. The average molecular weight is 276 g/mol. The van der Waals surface area contributed by atoms with E-state index >= 15 is 0 Å². The molecule has 0 fully saturated rings. The van der Waals surface area contributed by atoms with Crippen LogP contribution in [0.4, 0.5) is 0 Å². The largest absolute Gasteiger partial charge is 0.497 e. The molecule has 0 heterocycles. The summed E-state index contributed by atoms with van der Waals surface area (Å²) in [6.07, 6.45) is 3.09. The van der Waals surface area contributed by atoms with Crippen LogP contribution in [0.25, 0.3) is 6.08 Å². The summed E-state index contributed by atoms with van der Waals surface area (Å²) in [7, 11) is 4.90. The van der Waals surface area contributed by atoms with Gasteiger partial charge in [-0.3, -0.25) is 9.59 Å². The van der Waals surface area contributed by atoms with Crippen LogP contribution in [-0.2, 0) is 9.59 Å². The maximum absolute atomic E-state index is 11.7. The standard InChI is InChI=1S/C15H20N2O3/c1-11(15(19)17(2)3)16-14(18)10-7-12-5-8-13(20-4)9-6-12/h5-11H,1-4H3,(H,16,18)/b10-7+. The molecule has 5 heteroatoms. The van der Waals surface area contributed by atoms with E-state index in [1.807, 2.05) is 24.3 Å². The number of hydrogen-bond acceptors (Lipinski definition) is 3. The second kappa shape index (κ2) is 7.33. The number of amides is 2. The smallest absolute Gasteiger partial charge is 0.244 e. The lowest BCUT2D eigenvalue weighted by Crippen LogP contribution is -2.43. The lowest BCUT2D eigenvalue weighted by Gasteiger charge is -2.17. The first-order valence-electron chi connectivity index (χ1n) is 6.28. The monoisotopic (exact) mass is 276 g/mol. The molecule has 0 aliphatic rings. The van der Waals surface area contributed by atoms with E-state index in [1.54, 1.807) is 34.2 Å². The Balaban J connectivity index is 2.56. The molecule has 108 valence electrons. The number of carbonyl (C=O) groups is 2. The zero-order valence-corrected chi connectivity index (χ0v) is 12.2. The summed E-state index contributed by atoms with van der Waals surface area (Å²) in [4.78, 5) is 24.7. The Kier molecular flexibility index (Phi) is 5.77. The summed E-state index contributed by atoms with van der Waals surface area (Å²) in [5, 5.41) is 2.61. The van der Waals surface area contributed by atoms with Crippen molar-refractivity contribution in [2.75, 3.05) is 21.2 Å². The lowest BCUT2D eigenvalue weighted by molar-refractivity contribution is -0.132. The second-order valence-electron chi connectivity index (χ2n) is 4.57. The van der Waals surface area contributed by atoms with Crippen molar-refractivity contribution in [1.29, 1.82) is 0 Å². The first kappa shape index (κ1) is 15.8. The molecule has 1 rings (SSSR count). The highest BCUT2D eigenvalue weighted by atomic mass is 16.5. The quantitative estimate of drug-likeness (QED) is 0.825. The SMILES string of the molecule is COc1ccc(/C=C/C(=O)NC(C)C(=O)N(C)C)cc1. The van der Waals surface area contributed by atoms with E-state index in [4.69, 9.17) is 4.74 Å². The van der Waals surface area contributed by atoms with Crippen molar-refractivity contribution in [3.8, 4) is 5.75 Å². The van der Waals surface area contributed by atoms with E-state index in [2.05, 4.69) is 5.32 Å². The van der Waals surface area contributed by atoms with Crippen molar-refractivity contribution in [2.24, 2.45) is 0 Å². The van der Waals surface area contributed by atoms with Gasteiger partial charge in [0.15, 0.2) is 0 Å². The van der Waals surface area contributed by atoms with Crippen molar-refractivity contribution in [3.63, 3.8) is 0 Å². The Hall–Kier alpha value is -2.30. The Morgan fingerprint density at radius 3 is 2.35 bits per heavy atom. The minimum absolute atomic E-state index is 0.142. The van der Waals surface area contributed by atoms with Crippen molar-refractivity contribution in [2.45, 2.75) is 13.0 Å². The fourth-order valence-corrected chi connectivity index (χ4v) is 1.60. The van der Waals surface area contributed by atoms with Gasteiger partial charge in [0.1, 0.15) is 11.8 Å².